The fourth-order valence-corrected chi connectivity index (χ4v) is 5.18. The van der Waals surface area contributed by atoms with Gasteiger partial charge in [-0.1, -0.05) is 18.6 Å². The van der Waals surface area contributed by atoms with Gasteiger partial charge in [0.1, 0.15) is 0 Å². The summed E-state index contributed by atoms with van der Waals surface area (Å²) in [4.78, 5) is 17.6. The largest absolute Gasteiger partial charge is 0.395 e. The summed E-state index contributed by atoms with van der Waals surface area (Å²) in [6.45, 7) is 1.01. The molecule has 25 heavy (non-hydrogen) atoms. The van der Waals surface area contributed by atoms with Crippen LogP contribution in [0.3, 0.4) is 0 Å². The summed E-state index contributed by atoms with van der Waals surface area (Å²) in [6.07, 6.45) is 5.06. The van der Waals surface area contributed by atoms with E-state index in [1.54, 1.807) is 10.6 Å². The first kappa shape index (κ1) is 15.3. The van der Waals surface area contributed by atoms with Gasteiger partial charge >= 0.3 is 0 Å². The molecule has 132 valence electrons. The Balaban J connectivity index is 1.56. The Morgan fingerprint density at radius 2 is 2.20 bits per heavy atom. The monoisotopic (exact) mass is 341 g/mol. The second kappa shape index (κ2) is 5.54. The van der Waals surface area contributed by atoms with Gasteiger partial charge in [-0.15, -0.1) is 0 Å². The number of anilines is 1. The fraction of sp³-hybridized carbons (Fsp3) is 0.579. The van der Waals surface area contributed by atoms with Crippen molar-refractivity contribution in [2.75, 3.05) is 18.5 Å². The molecule has 1 spiro atoms. The zero-order valence-electron chi connectivity index (χ0n) is 14.1. The molecular weight excluding hydrogens is 318 g/mol. The van der Waals surface area contributed by atoms with E-state index in [0.717, 1.165) is 13.0 Å². The van der Waals surface area contributed by atoms with Gasteiger partial charge in [0.25, 0.3) is 5.56 Å². The third-order valence-corrected chi connectivity index (χ3v) is 6.51. The lowest BCUT2D eigenvalue weighted by molar-refractivity contribution is -0.158. The quantitative estimate of drug-likeness (QED) is 0.886. The van der Waals surface area contributed by atoms with Crippen molar-refractivity contribution in [3.05, 3.63) is 34.6 Å². The van der Waals surface area contributed by atoms with Crippen molar-refractivity contribution in [3.8, 4) is 0 Å². The molecule has 1 saturated heterocycles. The molecule has 0 amide bonds. The normalized spacial score (nSPS) is 29.2. The SMILES string of the molecule is O=c1c2ccccc2nc(NC2C3CCOC3C23CCC3)n1CCO. The summed E-state index contributed by atoms with van der Waals surface area (Å²) in [5.74, 6) is 1.09. The average molecular weight is 341 g/mol. The molecule has 5 rings (SSSR count). The zero-order chi connectivity index (χ0) is 17.0. The fourth-order valence-electron chi connectivity index (χ4n) is 5.18. The topological polar surface area (TPSA) is 76.4 Å². The van der Waals surface area contributed by atoms with Crippen LogP contribution in [-0.4, -0.2) is 40.0 Å². The highest BCUT2D eigenvalue weighted by Crippen LogP contribution is 2.63. The van der Waals surface area contributed by atoms with Crippen LogP contribution in [0.15, 0.2) is 29.1 Å². The number of para-hydroxylation sites is 1. The number of aromatic nitrogens is 2. The molecule has 1 aromatic heterocycles. The van der Waals surface area contributed by atoms with Crippen LogP contribution in [0.5, 0.6) is 0 Å². The number of aliphatic hydroxyl groups is 1. The molecule has 1 aliphatic heterocycles. The molecule has 3 aliphatic rings. The summed E-state index contributed by atoms with van der Waals surface area (Å²) in [5.41, 5.74) is 0.822. The molecule has 1 aromatic carbocycles. The van der Waals surface area contributed by atoms with E-state index in [0.29, 0.717) is 34.9 Å². The van der Waals surface area contributed by atoms with E-state index >= 15 is 0 Å². The summed E-state index contributed by atoms with van der Waals surface area (Å²) >= 11 is 0. The van der Waals surface area contributed by atoms with Crippen molar-refractivity contribution in [3.63, 3.8) is 0 Å². The number of hydrogen-bond donors (Lipinski definition) is 2. The maximum atomic E-state index is 12.8. The van der Waals surface area contributed by atoms with Crippen LogP contribution < -0.4 is 10.9 Å². The van der Waals surface area contributed by atoms with Gasteiger partial charge in [-0.25, -0.2) is 4.98 Å². The third kappa shape index (κ3) is 2.04. The summed E-state index contributed by atoms with van der Waals surface area (Å²) in [5, 5.41) is 13.6. The number of aliphatic hydroxyl groups excluding tert-OH is 1. The summed E-state index contributed by atoms with van der Waals surface area (Å²) in [7, 11) is 0. The molecule has 3 fully saturated rings. The van der Waals surface area contributed by atoms with Gasteiger partial charge in [-0.3, -0.25) is 9.36 Å². The third-order valence-electron chi connectivity index (χ3n) is 6.51. The van der Waals surface area contributed by atoms with E-state index in [9.17, 15) is 9.90 Å². The lowest BCUT2D eigenvalue weighted by Gasteiger charge is -2.63. The smallest absolute Gasteiger partial charge is 0.262 e. The summed E-state index contributed by atoms with van der Waals surface area (Å²) in [6, 6.07) is 7.71. The highest BCUT2D eigenvalue weighted by atomic mass is 16.5. The number of ether oxygens (including phenoxy) is 1. The molecule has 0 bridgehead atoms. The van der Waals surface area contributed by atoms with Crippen LogP contribution in [0.1, 0.15) is 25.7 Å². The number of nitrogens with zero attached hydrogens (tertiary/aromatic N) is 2. The van der Waals surface area contributed by atoms with Gasteiger partial charge in [-0.05, 0) is 31.4 Å². The highest BCUT2D eigenvalue weighted by molar-refractivity contribution is 5.78. The van der Waals surface area contributed by atoms with Gasteiger partial charge in [0.05, 0.1) is 30.2 Å². The van der Waals surface area contributed by atoms with Gasteiger partial charge in [0.2, 0.25) is 5.95 Å². The molecule has 2 heterocycles. The molecule has 6 heteroatoms. The van der Waals surface area contributed by atoms with Gasteiger partial charge in [-0.2, -0.15) is 0 Å². The van der Waals surface area contributed by atoms with Crippen LogP contribution in [-0.2, 0) is 11.3 Å². The van der Waals surface area contributed by atoms with E-state index < -0.39 is 0 Å². The second-order valence-electron chi connectivity index (χ2n) is 7.59. The average Bonchev–Trinajstić information content (AvgIpc) is 2.99. The van der Waals surface area contributed by atoms with Crippen LogP contribution >= 0.6 is 0 Å². The summed E-state index contributed by atoms with van der Waals surface area (Å²) < 4.78 is 7.56. The standard InChI is InChI=1S/C19H23N3O3/c23-10-9-22-17(24)12-4-1-2-5-14(12)20-18(22)21-15-13-6-11-25-16(13)19(15)7-3-8-19/h1-2,4-5,13,15-16,23H,3,6-11H2,(H,20,21). The van der Waals surface area contributed by atoms with Crippen molar-refractivity contribution in [2.24, 2.45) is 11.3 Å². The Labute approximate surface area is 145 Å². The Morgan fingerprint density at radius 1 is 1.36 bits per heavy atom. The van der Waals surface area contributed by atoms with Gasteiger partial charge in [0.15, 0.2) is 0 Å². The van der Waals surface area contributed by atoms with Crippen LogP contribution in [0, 0.1) is 11.3 Å². The van der Waals surface area contributed by atoms with E-state index in [1.165, 1.54) is 19.3 Å². The lowest BCUT2D eigenvalue weighted by atomic mass is 9.46. The molecular formula is C19H23N3O3. The minimum absolute atomic E-state index is 0.0837. The van der Waals surface area contributed by atoms with Crippen LogP contribution in [0.25, 0.3) is 10.9 Å². The first-order valence-corrected chi connectivity index (χ1v) is 9.23. The van der Waals surface area contributed by atoms with E-state index in [2.05, 4.69) is 5.32 Å². The Kier molecular flexibility index (Phi) is 3.40. The molecule has 2 aromatic rings. The Bertz CT molecular complexity index is 874. The van der Waals surface area contributed by atoms with Crippen molar-refractivity contribution >= 4 is 16.9 Å². The first-order valence-electron chi connectivity index (χ1n) is 9.23. The van der Waals surface area contributed by atoms with E-state index in [-0.39, 0.29) is 24.1 Å². The second-order valence-corrected chi connectivity index (χ2v) is 7.59. The zero-order valence-corrected chi connectivity index (χ0v) is 14.1. The molecule has 6 nitrogen and oxygen atoms in total. The van der Waals surface area contributed by atoms with Crippen molar-refractivity contribution in [2.45, 2.75) is 44.4 Å². The molecule has 3 unspecified atom stereocenters. The van der Waals surface area contributed by atoms with Gasteiger partial charge in [0, 0.05) is 24.0 Å². The molecule has 3 atom stereocenters. The predicted octanol–water partition coefficient (Wildman–Crippen LogP) is 1.76. The number of benzene rings is 1. The number of nitrogens with one attached hydrogen (secondary N) is 1. The molecule has 2 N–H and O–H groups in total. The van der Waals surface area contributed by atoms with Crippen LogP contribution in [0.4, 0.5) is 5.95 Å². The minimum Gasteiger partial charge on any atom is -0.395 e. The van der Waals surface area contributed by atoms with Gasteiger partial charge < -0.3 is 15.2 Å². The highest BCUT2D eigenvalue weighted by Gasteiger charge is 2.66. The first-order chi connectivity index (χ1) is 12.2. The van der Waals surface area contributed by atoms with Crippen molar-refractivity contribution in [1.29, 1.82) is 0 Å². The van der Waals surface area contributed by atoms with Crippen molar-refractivity contribution < 1.29 is 9.84 Å². The maximum Gasteiger partial charge on any atom is 0.262 e. The maximum absolute atomic E-state index is 12.8. The Morgan fingerprint density at radius 3 is 2.96 bits per heavy atom. The number of rotatable bonds is 4. The van der Waals surface area contributed by atoms with E-state index in [1.807, 2.05) is 18.2 Å². The Hall–Kier alpha value is -1.92. The van der Waals surface area contributed by atoms with E-state index in [4.69, 9.17) is 9.72 Å². The van der Waals surface area contributed by atoms with Crippen molar-refractivity contribution in [1.82, 2.24) is 9.55 Å². The molecule has 2 aliphatic carbocycles. The number of fused-ring (bicyclic) bond motifs is 3. The van der Waals surface area contributed by atoms with Crippen LogP contribution in [0.2, 0.25) is 0 Å². The predicted molar refractivity (Wildman–Crippen MR) is 94.6 cm³/mol. The lowest BCUT2D eigenvalue weighted by Crippen LogP contribution is -2.69. The minimum atomic E-state index is -0.0941. The molecule has 0 radical (unpaired) electrons. The molecule has 2 saturated carbocycles. The number of hydrogen-bond acceptors (Lipinski definition) is 5.